The van der Waals surface area contributed by atoms with E-state index in [0.717, 1.165) is 40.7 Å². The van der Waals surface area contributed by atoms with Crippen molar-refractivity contribution in [2.24, 2.45) is 0 Å². The molecule has 2 aromatic heterocycles. The molecule has 0 aliphatic rings. The number of nitrogens with one attached hydrogen (secondary N) is 2. The van der Waals surface area contributed by atoms with Crippen LogP contribution in [0, 0.1) is 13.8 Å². The van der Waals surface area contributed by atoms with E-state index in [2.05, 4.69) is 38.6 Å². The van der Waals surface area contributed by atoms with Crippen molar-refractivity contribution in [2.75, 3.05) is 0 Å². The maximum atomic E-state index is 12.7. The molecule has 2 aromatic carbocycles. The lowest BCUT2D eigenvalue weighted by Gasteiger charge is -2.20. The molecule has 4 aromatic rings. The first kappa shape index (κ1) is 19.1. The van der Waals surface area contributed by atoms with Crippen LogP contribution in [0.25, 0.3) is 10.9 Å². The molecule has 0 amide bonds. The van der Waals surface area contributed by atoms with Gasteiger partial charge in [0, 0.05) is 36.3 Å². The number of H-pyrrole nitrogens is 1. The number of aryl methyl sites for hydroxylation is 3. The third kappa shape index (κ3) is 4.27. The molecule has 6 heteroatoms. The fraction of sp³-hybridized carbons (Fsp3) is 0.261. The average Bonchev–Trinajstić information content (AvgIpc) is 3.25. The van der Waals surface area contributed by atoms with E-state index >= 15 is 0 Å². The summed E-state index contributed by atoms with van der Waals surface area (Å²) in [5.41, 5.74) is 5.17. The lowest BCUT2D eigenvalue weighted by Crippen LogP contribution is -2.24. The number of hydrogen-bond donors (Lipinski definition) is 2. The van der Waals surface area contributed by atoms with Crippen molar-refractivity contribution in [3.8, 4) is 0 Å². The Morgan fingerprint density at radius 2 is 1.90 bits per heavy atom. The Morgan fingerprint density at radius 1 is 1.10 bits per heavy atom. The maximum absolute atomic E-state index is 12.7. The summed E-state index contributed by atoms with van der Waals surface area (Å²) in [6.07, 6.45) is 4.15. The fourth-order valence-corrected chi connectivity index (χ4v) is 3.73. The summed E-state index contributed by atoms with van der Waals surface area (Å²) in [6, 6.07) is 16.2. The molecule has 0 bridgehead atoms. The number of aromatic amines is 1. The topological polar surface area (TPSA) is 75.6 Å². The largest absolute Gasteiger partial charge is 0.357 e. The van der Waals surface area contributed by atoms with Crippen molar-refractivity contribution in [3.05, 3.63) is 93.8 Å². The third-order valence-corrected chi connectivity index (χ3v) is 5.31. The van der Waals surface area contributed by atoms with Gasteiger partial charge in [0.15, 0.2) is 5.43 Å². The predicted octanol–water partition coefficient (Wildman–Crippen LogP) is 3.66. The lowest BCUT2D eigenvalue weighted by atomic mass is 10.0. The number of benzene rings is 2. The van der Waals surface area contributed by atoms with E-state index < -0.39 is 0 Å². The van der Waals surface area contributed by atoms with Crippen LogP contribution in [-0.4, -0.2) is 19.7 Å². The van der Waals surface area contributed by atoms with Gasteiger partial charge in [-0.25, -0.2) is 4.98 Å². The van der Waals surface area contributed by atoms with E-state index in [-0.39, 0.29) is 11.5 Å². The van der Waals surface area contributed by atoms with Crippen LogP contribution >= 0.6 is 0 Å². The van der Waals surface area contributed by atoms with Crippen molar-refractivity contribution in [3.63, 3.8) is 0 Å². The number of pyridine rings is 1. The number of aromatic nitrogens is 4. The van der Waals surface area contributed by atoms with Crippen molar-refractivity contribution in [2.45, 2.75) is 39.4 Å². The monoisotopic (exact) mass is 387 g/mol. The van der Waals surface area contributed by atoms with Crippen molar-refractivity contribution in [1.82, 2.24) is 25.1 Å². The minimum atomic E-state index is 0.0654. The molecule has 0 fully saturated rings. The summed E-state index contributed by atoms with van der Waals surface area (Å²) in [5.74, 6) is 0. The highest BCUT2D eigenvalue weighted by Gasteiger charge is 2.13. The zero-order valence-corrected chi connectivity index (χ0v) is 16.7. The molecule has 0 saturated heterocycles. The molecule has 0 saturated carbocycles. The summed E-state index contributed by atoms with van der Waals surface area (Å²) in [6.45, 7) is 5.35. The van der Waals surface area contributed by atoms with Crippen LogP contribution in [0.4, 0.5) is 0 Å². The van der Waals surface area contributed by atoms with Gasteiger partial charge >= 0.3 is 0 Å². The van der Waals surface area contributed by atoms with Crippen LogP contribution in [0.2, 0.25) is 0 Å². The normalized spacial score (nSPS) is 12.3. The predicted molar refractivity (Wildman–Crippen MR) is 115 cm³/mol. The Morgan fingerprint density at radius 3 is 2.66 bits per heavy atom. The second-order valence-electron chi connectivity index (χ2n) is 7.40. The minimum absolute atomic E-state index is 0.0654. The van der Waals surface area contributed by atoms with Crippen LogP contribution in [0.3, 0.4) is 0 Å². The van der Waals surface area contributed by atoms with Gasteiger partial charge in [-0.1, -0.05) is 42.5 Å². The molecule has 6 nitrogen and oxygen atoms in total. The maximum Gasteiger partial charge on any atom is 0.189 e. The highest BCUT2D eigenvalue weighted by atomic mass is 16.1. The van der Waals surface area contributed by atoms with E-state index in [1.807, 2.05) is 42.8 Å². The van der Waals surface area contributed by atoms with Crippen molar-refractivity contribution < 1.29 is 0 Å². The zero-order valence-electron chi connectivity index (χ0n) is 16.7. The van der Waals surface area contributed by atoms with E-state index in [0.29, 0.717) is 6.54 Å². The van der Waals surface area contributed by atoms with Crippen LogP contribution in [-0.2, 0) is 13.1 Å². The number of fused-ring (bicyclic) bond motifs is 1. The number of nitrogens with zero attached hydrogens (tertiary/aromatic N) is 3. The van der Waals surface area contributed by atoms with E-state index in [1.54, 1.807) is 18.7 Å². The molecule has 2 N–H and O–H groups in total. The Bertz CT molecular complexity index is 1150. The van der Waals surface area contributed by atoms with Crippen molar-refractivity contribution in [1.29, 1.82) is 0 Å². The van der Waals surface area contributed by atoms with Gasteiger partial charge in [-0.2, -0.15) is 5.10 Å². The van der Waals surface area contributed by atoms with E-state index in [9.17, 15) is 4.79 Å². The van der Waals surface area contributed by atoms with Gasteiger partial charge in [0.05, 0.1) is 5.52 Å². The van der Waals surface area contributed by atoms with Crippen LogP contribution in [0.5, 0.6) is 0 Å². The molecule has 29 heavy (non-hydrogen) atoms. The summed E-state index contributed by atoms with van der Waals surface area (Å²) in [5, 5.41) is 8.58. The molecule has 0 spiro atoms. The summed E-state index contributed by atoms with van der Waals surface area (Å²) in [4.78, 5) is 20.2. The standard InChI is InChI=1S/C23H25N5O/c1-16-8-9-17(2)23-22(16)21(29)12-19(27-23)13-25-20(18-6-4-3-5-7-18)10-11-28-15-24-14-26-28/h3-9,12,14-15,20,25H,10-11,13H2,1-2H3,(H,27,29)/t20-/m1/s1. The molecule has 0 aliphatic carbocycles. The van der Waals surface area contributed by atoms with Gasteiger partial charge in [0.25, 0.3) is 0 Å². The fourth-order valence-electron chi connectivity index (χ4n) is 3.73. The van der Waals surface area contributed by atoms with Crippen LogP contribution in [0.1, 0.15) is 34.8 Å². The highest BCUT2D eigenvalue weighted by Crippen LogP contribution is 2.20. The van der Waals surface area contributed by atoms with Gasteiger partial charge in [0.2, 0.25) is 0 Å². The number of rotatable bonds is 7. The first-order valence-electron chi connectivity index (χ1n) is 9.84. The van der Waals surface area contributed by atoms with Gasteiger partial charge in [-0.3, -0.25) is 9.48 Å². The molecular formula is C23H25N5O. The molecule has 0 unspecified atom stereocenters. The highest BCUT2D eigenvalue weighted by molar-refractivity contribution is 5.84. The Hall–Kier alpha value is -3.25. The molecule has 148 valence electrons. The Kier molecular flexibility index (Phi) is 5.53. The lowest BCUT2D eigenvalue weighted by molar-refractivity contribution is 0.443. The molecule has 0 radical (unpaired) electrons. The quantitative estimate of drug-likeness (QED) is 0.507. The summed E-state index contributed by atoms with van der Waals surface area (Å²) >= 11 is 0. The molecule has 4 rings (SSSR count). The summed E-state index contributed by atoms with van der Waals surface area (Å²) in [7, 11) is 0. The van der Waals surface area contributed by atoms with Gasteiger partial charge in [0.1, 0.15) is 12.7 Å². The van der Waals surface area contributed by atoms with Crippen molar-refractivity contribution >= 4 is 10.9 Å². The zero-order chi connectivity index (χ0) is 20.2. The Labute approximate surface area is 169 Å². The van der Waals surface area contributed by atoms with Gasteiger partial charge in [-0.15, -0.1) is 0 Å². The SMILES string of the molecule is Cc1ccc(C)c2c(=O)cc(CN[C@H](CCn3cncn3)c3ccccc3)[nH]c12. The second kappa shape index (κ2) is 8.41. The van der Waals surface area contributed by atoms with E-state index in [4.69, 9.17) is 0 Å². The smallest absolute Gasteiger partial charge is 0.189 e. The summed E-state index contributed by atoms with van der Waals surface area (Å²) < 4.78 is 1.83. The van der Waals surface area contributed by atoms with Crippen LogP contribution in [0.15, 0.2) is 66.0 Å². The average molecular weight is 387 g/mol. The molecule has 0 aliphatic heterocycles. The first-order valence-corrected chi connectivity index (χ1v) is 9.84. The molecule has 1 atom stereocenters. The van der Waals surface area contributed by atoms with Gasteiger partial charge < -0.3 is 10.3 Å². The third-order valence-electron chi connectivity index (χ3n) is 5.31. The second-order valence-corrected chi connectivity index (χ2v) is 7.40. The Balaban J connectivity index is 1.57. The molecular weight excluding hydrogens is 362 g/mol. The van der Waals surface area contributed by atoms with Crippen LogP contribution < -0.4 is 10.7 Å². The molecule has 2 heterocycles. The first-order chi connectivity index (χ1) is 14.1. The minimum Gasteiger partial charge on any atom is -0.357 e. The van der Waals surface area contributed by atoms with Gasteiger partial charge in [-0.05, 0) is 37.0 Å². The number of hydrogen-bond acceptors (Lipinski definition) is 4. The van der Waals surface area contributed by atoms with E-state index in [1.165, 1.54) is 5.56 Å².